The van der Waals surface area contributed by atoms with Crippen LogP contribution in [0.2, 0.25) is 0 Å². The summed E-state index contributed by atoms with van der Waals surface area (Å²) in [6.45, 7) is 3.80. The molecule has 3 nitrogen and oxygen atoms in total. The molecule has 0 bridgehead atoms. The highest BCUT2D eigenvalue weighted by Crippen LogP contribution is 2.34. The molecule has 1 aliphatic carbocycles. The highest BCUT2D eigenvalue weighted by molar-refractivity contribution is 4.92. The van der Waals surface area contributed by atoms with Gasteiger partial charge in [-0.05, 0) is 31.7 Å². The van der Waals surface area contributed by atoms with Crippen LogP contribution in [-0.4, -0.2) is 38.0 Å². The lowest BCUT2D eigenvalue weighted by Gasteiger charge is -2.37. The van der Waals surface area contributed by atoms with Crippen molar-refractivity contribution >= 4 is 0 Å². The molecular weight excluding hydrogens is 202 g/mol. The summed E-state index contributed by atoms with van der Waals surface area (Å²) in [5, 5.41) is 3.71. The van der Waals surface area contributed by atoms with E-state index in [2.05, 4.69) is 5.32 Å². The molecule has 0 radical (unpaired) electrons. The fourth-order valence-corrected chi connectivity index (χ4v) is 2.96. The van der Waals surface area contributed by atoms with Crippen molar-refractivity contribution < 1.29 is 9.47 Å². The van der Waals surface area contributed by atoms with E-state index < -0.39 is 0 Å². The van der Waals surface area contributed by atoms with Crippen LogP contribution < -0.4 is 5.32 Å². The van der Waals surface area contributed by atoms with E-state index in [-0.39, 0.29) is 5.60 Å². The smallest absolute Gasteiger partial charge is 0.0951 e. The minimum absolute atomic E-state index is 0.0650. The van der Waals surface area contributed by atoms with Crippen molar-refractivity contribution in [3.63, 3.8) is 0 Å². The lowest BCUT2D eigenvalue weighted by molar-refractivity contribution is -0.0892. The van der Waals surface area contributed by atoms with Gasteiger partial charge in [-0.25, -0.2) is 0 Å². The predicted octanol–water partition coefficient (Wildman–Crippen LogP) is 1.71. The molecular formula is C13H23NO2. The van der Waals surface area contributed by atoms with Crippen molar-refractivity contribution in [2.75, 3.05) is 26.4 Å². The van der Waals surface area contributed by atoms with Crippen LogP contribution in [0.5, 0.6) is 0 Å². The second kappa shape index (κ2) is 4.63. The van der Waals surface area contributed by atoms with Gasteiger partial charge in [0.15, 0.2) is 0 Å². The Kier molecular flexibility index (Phi) is 3.18. The van der Waals surface area contributed by atoms with E-state index in [9.17, 15) is 0 Å². The van der Waals surface area contributed by atoms with Gasteiger partial charge in [-0.15, -0.1) is 0 Å². The van der Waals surface area contributed by atoms with Crippen LogP contribution in [0, 0.1) is 5.92 Å². The Morgan fingerprint density at radius 2 is 2.12 bits per heavy atom. The third-order valence-electron chi connectivity index (χ3n) is 4.24. The first-order valence-electron chi connectivity index (χ1n) is 6.81. The summed E-state index contributed by atoms with van der Waals surface area (Å²) in [5.41, 5.74) is 0.0650. The van der Waals surface area contributed by atoms with E-state index >= 15 is 0 Å². The van der Waals surface area contributed by atoms with Gasteiger partial charge in [0, 0.05) is 25.7 Å². The van der Waals surface area contributed by atoms with Crippen LogP contribution in [0.4, 0.5) is 0 Å². The zero-order valence-electron chi connectivity index (χ0n) is 10.0. The van der Waals surface area contributed by atoms with E-state index in [1.807, 2.05) is 0 Å². The zero-order chi connectivity index (χ0) is 10.8. The second-order valence-corrected chi connectivity index (χ2v) is 5.71. The van der Waals surface area contributed by atoms with E-state index in [1.54, 1.807) is 0 Å². The van der Waals surface area contributed by atoms with Gasteiger partial charge in [0.2, 0.25) is 0 Å². The first-order chi connectivity index (χ1) is 7.86. The quantitative estimate of drug-likeness (QED) is 0.790. The molecule has 1 N–H and O–H groups in total. The summed E-state index contributed by atoms with van der Waals surface area (Å²) in [6.07, 6.45) is 7.72. The van der Waals surface area contributed by atoms with Gasteiger partial charge in [-0.3, -0.25) is 0 Å². The van der Waals surface area contributed by atoms with Gasteiger partial charge in [-0.2, -0.15) is 0 Å². The highest BCUT2D eigenvalue weighted by atomic mass is 16.6. The van der Waals surface area contributed by atoms with Crippen molar-refractivity contribution in [2.45, 2.75) is 50.2 Å². The summed E-state index contributed by atoms with van der Waals surface area (Å²) in [4.78, 5) is 0. The molecule has 0 amide bonds. The topological polar surface area (TPSA) is 30.5 Å². The Hall–Kier alpha value is -0.120. The van der Waals surface area contributed by atoms with Crippen LogP contribution in [0.15, 0.2) is 0 Å². The maximum absolute atomic E-state index is 5.93. The Balaban J connectivity index is 1.43. The van der Waals surface area contributed by atoms with Gasteiger partial charge >= 0.3 is 0 Å². The van der Waals surface area contributed by atoms with Gasteiger partial charge in [0.25, 0.3) is 0 Å². The number of ether oxygens (including phenoxy) is 2. The molecule has 2 unspecified atom stereocenters. The molecule has 3 rings (SSSR count). The van der Waals surface area contributed by atoms with Crippen molar-refractivity contribution in [3.8, 4) is 0 Å². The number of nitrogens with one attached hydrogen (secondary N) is 1. The van der Waals surface area contributed by atoms with Crippen LogP contribution in [-0.2, 0) is 9.47 Å². The van der Waals surface area contributed by atoms with Crippen molar-refractivity contribution in [2.24, 2.45) is 5.92 Å². The molecule has 16 heavy (non-hydrogen) atoms. The lowest BCUT2D eigenvalue weighted by Crippen LogP contribution is -2.47. The van der Waals surface area contributed by atoms with Crippen molar-refractivity contribution in [1.29, 1.82) is 0 Å². The standard InChI is InChI=1S/C13H23NO2/c1-2-11(1)3-6-14-12-4-7-16-13(9-12)5-8-15-10-13/h11-12,14H,1-10H2. The van der Waals surface area contributed by atoms with Crippen LogP contribution in [0.3, 0.4) is 0 Å². The third kappa shape index (κ3) is 2.58. The number of hydrogen-bond acceptors (Lipinski definition) is 3. The summed E-state index contributed by atoms with van der Waals surface area (Å²) in [5.74, 6) is 1.04. The maximum atomic E-state index is 5.93. The largest absolute Gasteiger partial charge is 0.378 e. The summed E-state index contributed by atoms with van der Waals surface area (Å²) in [6, 6.07) is 0.661. The molecule has 2 atom stereocenters. The molecule has 0 aromatic heterocycles. The first kappa shape index (κ1) is 11.0. The molecule has 2 heterocycles. The second-order valence-electron chi connectivity index (χ2n) is 5.71. The summed E-state index contributed by atoms with van der Waals surface area (Å²) >= 11 is 0. The van der Waals surface area contributed by atoms with Crippen LogP contribution in [0.25, 0.3) is 0 Å². The predicted molar refractivity (Wildman–Crippen MR) is 62.5 cm³/mol. The first-order valence-corrected chi connectivity index (χ1v) is 6.81. The molecule has 1 saturated carbocycles. The van der Waals surface area contributed by atoms with Crippen molar-refractivity contribution in [3.05, 3.63) is 0 Å². The minimum atomic E-state index is 0.0650. The summed E-state index contributed by atoms with van der Waals surface area (Å²) < 4.78 is 11.4. The fourth-order valence-electron chi connectivity index (χ4n) is 2.96. The zero-order valence-corrected chi connectivity index (χ0v) is 10.0. The average Bonchev–Trinajstić information content (AvgIpc) is 3.01. The minimum Gasteiger partial charge on any atom is -0.378 e. The van der Waals surface area contributed by atoms with Crippen LogP contribution in [0.1, 0.15) is 38.5 Å². The molecule has 3 aliphatic rings. The van der Waals surface area contributed by atoms with E-state index in [0.29, 0.717) is 6.04 Å². The maximum Gasteiger partial charge on any atom is 0.0951 e. The molecule has 92 valence electrons. The van der Waals surface area contributed by atoms with Gasteiger partial charge in [0.1, 0.15) is 0 Å². The Morgan fingerprint density at radius 1 is 1.19 bits per heavy atom. The Morgan fingerprint density at radius 3 is 2.88 bits per heavy atom. The average molecular weight is 225 g/mol. The molecule has 0 aromatic carbocycles. The van der Waals surface area contributed by atoms with E-state index in [0.717, 1.165) is 38.6 Å². The van der Waals surface area contributed by atoms with Gasteiger partial charge in [0.05, 0.1) is 12.2 Å². The molecule has 2 aliphatic heterocycles. The Bertz CT molecular complexity index is 234. The molecule has 2 saturated heterocycles. The van der Waals surface area contributed by atoms with Crippen LogP contribution >= 0.6 is 0 Å². The molecule has 0 aromatic rings. The van der Waals surface area contributed by atoms with Crippen molar-refractivity contribution in [1.82, 2.24) is 5.32 Å². The van der Waals surface area contributed by atoms with Gasteiger partial charge < -0.3 is 14.8 Å². The number of hydrogen-bond donors (Lipinski definition) is 1. The van der Waals surface area contributed by atoms with Gasteiger partial charge in [-0.1, -0.05) is 12.8 Å². The monoisotopic (exact) mass is 225 g/mol. The third-order valence-corrected chi connectivity index (χ3v) is 4.24. The normalized spacial score (nSPS) is 39.4. The SMILES string of the molecule is C(CC1CC1)NC1CCOC2(CCOC2)C1. The fraction of sp³-hybridized carbons (Fsp3) is 1.00. The summed E-state index contributed by atoms with van der Waals surface area (Å²) in [7, 11) is 0. The lowest BCUT2D eigenvalue weighted by atomic mass is 9.89. The van der Waals surface area contributed by atoms with E-state index in [1.165, 1.54) is 32.2 Å². The Labute approximate surface area is 97.9 Å². The van der Waals surface area contributed by atoms with E-state index in [4.69, 9.17) is 9.47 Å². The number of rotatable bonds is 4. The molecule has 3 heteroatoms. The molecule has 1 spiro atoms. The highest BCUT2D eigenvalue weighted by Gasteiger charge is 2.40. The molecule has 3 fully saturated rings.